The van der Waals surface area contributed by atoms with E-state index in [9.17, 15) is 22.4 Å². The van der Waals surface area contributed by atoms with Gasteiger partial charge in [0.05, 0.1) is 0 Å². The molecule has 0 bridgehead atoms. The van der Waals surface area contributed by atoms with Crippen LogP contribution >= 0.6 is 0 Å². The Morgan fingerprint density at radius 2 is 1.55 bits per heavy atom. The number of alkyl halides is 4. The van der Waals surface area contributed by atoms with Crippen molar-refractivity contribution in [2.45, 2.75) is 50.5 Å². The normalized spacial score (nSPS) is 23.4. The molecular formula is C13H20F4N2O. The molecule has 2 heterocycles. The number of carbonyl (C=O) groups is 1. The van der Waals surface area contributed by atoms with Gasteiger partial charge in [0.2, 0.25) is 0 Å². The maximum Gasteiger partial charge on any atom is 0.383 e. The van der Waals surface area contributed by atoms with Crippen molar-refractivity contribution in [1.29, 1.82) is 0 Å². The molecular weight excluding hydrogens is 276 g/mol. The van der Waals surface area contributed by atoms with Gasteiger partial charge >= 0.3 is 12.3 Å². The molecule has 0 aromatic heterocycles. The minimum atomic E-state index is -4.56. The van der Waals surface area contributed by atoms with Gasteiger partial charge in [-0.1, -0.05) is 6.42 Å². The summed E-state index contributed by atoms with van der Waals surface area (Å²) in [6.07, 6.45) is 0.741. The van der Waals surface area contributed by atoms with E-state index < -0.39 is 18.3 Å². The standard InChI is InChI=1S/C13H20F4N2O/c14-11(15)13(16,17)12(20)19-8-4-10(5-9-19)18-6-2-1-3-7-18/h10-11H,1-9H2. The van der Waals surface area contributed by atoms with Gasteiger partial charge < -0.3 is 9.80 Å². The lowest BCUT2D eigenvalue weighted by Crippen LogP contribution is -2.53. The number of halogens is 4. The van der Waals surface area contributed by atoms with E-state index >= 15 is 0 Å². The second-order valence-electron chi connectivity index (χ2n) is 5.54. The topological polar surface area (TPSA) is 23.6 Å². The van der Waals surface area contributed by atoms with E-state index in [0.29, 0.717) is 18.9 Å². The van der Waals surface area contributed by atoms with Gasteiger partial charge in [-0.25, -0.2) is 8.78 Å². The fraction of sp³-hybridized carbons (Fsp3) is 0.923. The van der Waals surface area contributed by atoms with Gasteiger partial charge in [-0.2, -0.15) is 8.78 Å². The van der Waals surface area contributed by atoms with Crippen LogP contribution in [0.1, 0.15) is 32.1 Å². The molecule has 0 saturated carbocycles. The predicted octanol–water partition coefficient (Wildman–Crippen LogP) is 2.36. The Bertz CT molecular complexity index is 337. The maximum absolute atomic E-state index is 13.0. The number of nitrogens with zero attached hydrogens (tertiary/aromatic N) is 2. The Morgan fingerprint density at radius 1 is 1.00 bits per heavy atom. The van der Waals surface area contributed by atoms with Crippen LogP contribution in [-0.4, -0.2) is 60.3 Å². The summed E-state index contributed by atoms with van der Waals surface area (Å²) in [6, 6.07) is 0.291. The molecule has 0 aliphatic carbocycles. The van der Waals surface area contributed by atoms with Crippen LogP contribution < -0.4 is 0 Å². The second-order valence-corrected chi connectivity index (χ2v) is 5.54. The minimum absolute atomic E-state index is 0.141. The van der Waals surface area contributed by atoms with Crippen LogP contribution in [0.15, 0.2) is 0 Å². The fourth-order valence-corrected chi connectivity index (χ4v) is 3.02. The summed E-state index contributed by atoms with van der Waals surface area (Å²) in [7, 11) is 0. The van der Waals surface area contributed by atoms with Crippen molar-refractivity contribution in [3.8, 4) is 0 Å². The molecule has 0 aromatic carbocycles. The summed E-state index contributed by atoms with van der Waals surface area (Å²) in [5.41, 5.74) is 0. The van der Waals surface area contributed by atoms with E-state index in [2.05, 4.69) is 4.90 Å². The summed E-state index contributed by atoms with van der Waals surface area (Å²) in [4.78, 5) is 14.6. The Hall–Kier alpha value is -0.850. The lowest BCUT2D eigenvalue weighted by atomic mass is 9.99. The lowest BCUT2D eigenvalue weighted by molar-refractivity contribution is -0.182. The van der Waals surface area contributed by atoms with Crippen LogP contribution in [0.3, 0.4) is 0 Å². The second kappa shape index (κ2) is 6.28. The molecule has 2 fully saturated rings. The first-order valence-electron chi connectivity index (χ1n) is 7.12. The van der Waals surface area contributed by atoms with Crippen molar-refractivity contribution in [3.05, 3.63) is 0 Å². The van der Waals surface area contributed by atoms with Gasteiger partial charge in [-0.05, 0) is 38.8 Å². The lowest BCUT2D eigenvalue weighted by Gasteiger charge is -2.40. The highest BCUT2D eigenvalue weighted by molar-refractivity contribution is 5.84. The smallest absolute Gasteiger partial charge is 0.337 e. The van der Waals surface area contributed by atoms with Gasteiger partial charge in [0.25, 0.3) is 5.91 Å². The third-order valence-corrected chi connectivity index (χ3v) is 4.22. The molecule has 2 aliphatic heterocycles. The minimum Gasteiger partial charge on any atom is -0.337 e. The molecule has 0 spiro atoms. The molecule has 0 N–H and O–H groups in total. The van der Waals surface area contributed by atoms with Crippen molar-refractivity contribution in [2.24, 2.45) is 0 Å². The average Bonchev–Trinajstić information content (AvgIpc) is 2.47. The maximum atomic E-state index is 13.0. The van der Waals surface area contributed by atoms with Gasteiger partial charge in [0.15, 0.2) is 0 Å². The number of amides is 1. The van der Waals surface area contributed by atoms with Gasteiger partial charge in [0, 0.05) is 19.1 Å². The molecule has 3 nitrogen and oxygen atoms in total. The number of rotatable bonds is 3. The summed E-state index contributed by atoms with van der Waals surface area (Å²) in [5.74, 6) is -6.29. The van der Waals surface area contributed by atoms with Crippen molar-refractivity contribution in [3.63, 3.8) is 0 Å². The van der Waals surface area contributed by atoms with Crippen LogP contribution in [0, 0.1) is 0 Å². The Kier molecular flexibility index (Phi) is 4.88. The van der Waals surface area contributed by atoms with Crippen LogP contribution in [0.25, 0.3) is 0 Å². The molecule has 2 saturated heterocycles. The first-order valence-corrected chi connectivity index (χ1v) is 7.12. The average molecular weight is 296 g/mol. The predicted molar refractivity (Wildman–Crippen MR) is 66.0 cm³/mol. The van der Waals surface area contributed by atoms with Crippen LogP contribution in [0.5, 0.6) is 0 Å². The zero-order chi connectivity index (χ0) is 14.8. The van der Waals surface area contributed by atoms with Crippen molar-refractivity contribution < 1.29 is 22.4 Å². The SMILES string of the molecule is O=C(N1CCC(N2CCCCC2)CC1)C(F)(F)C(F)F. The van der Waals surface area contributed by atoms with Crippen LogP contribution in [-0.2, 0) is 4.79 Å². The summed E-state index contributed by atoms with van der Waals surface area (Å²) in [6.45, 7) is 2.29. The zero-order valence-electron chi connectivity index (χ0n) is 11.3. The van der Waals surface area contributed by atoms with E-state index in [1.807, 2.05) is 0 Å². The largest absolute Gasteiger partial charge is 0.383 e. The molecule has 2 aliphatic rings. The van der Waals surface area contributed by atoms with E-state index in [4.69, 9.17) is 0 Å². The molecule has 1 amide bonds. The molecule has 0 unspecified atom stereocenters. The molecule has 0 aromatic rings. The van der Waals surface area contributed by atoms with E-state index in [1.54, 1.807) is 0 Å². The Morgan fingerprint density at radius 3 is 2.05 bits per heavy atom. The Labute approximate surface area is 115 Å². The highest BCUT2D eigenvalue weighted by atomic mass is 19.3. The first-order chi connectivity index (χ1) is 9.43. The van der Waals surface area contributed by atoms with Crippen LogP contribution in [0.2, 0.25) is 0 Å². The summed E-state index contributed by atoms with van der Waals surface area (Å²) in [5, 5.41) is 0. The summed E-state index contributed by atoms with van der Waals surface area (Å²) < 4.78 is 50.4. The highest BCUT2D eigenvalue weighted by Crippen LogP contribution is 2.28. The van der Waals surface area contributed by atoms with E-state index in [-0.39, 0.29) is 13.1 Å². The first kappa shape index (κ1) is 15.5. The highest BCUT2D eigenvalue weighted by Gasteiger charge is 2.51. The van der Waals surface area contributed by atoms with Crippen molar-refractivity contribution in [2.75, 3.05) is 26.2 Å². The zero-order valence-corrected chi connectivity index (χ0v) is 11.3. The number of hydrogen-bond acceptors (Lipinski definition) is 2. The molecule has 0 atom stereocenters. The fourth-order valence-electron chi connectivity index (χ4n) is 3.02. The molecule has 20 heavy (non-hydrogen) atoms. The van der Waals surface area contributed by atoms with Gasteiger partial charge in [0.1, 0.15) is 0 Å². The Balaban J connectivity index is 1.86. The van der Waals surface area contributed by atoms with Gasteiger partial charge in [-0.15, -0.1) is 0 Å². The van der Waals surface area contributed by atoms with E-state index in [1.165, 1.54) is 6.42 Å². The monoisotopic (exact) mass is 296 g/mol. The third-order valence-electron chi connectivity index (χ3n) is 4.22. The van der Waals surface area contributed by atoms with Crippen LogP contribution in [0.4, 0.5) is 17.6 Å². The number of hydrogen-bond donors (Lipinski definition) is 0. The number of carbonyl (C=O) groups excluding carboxylic acids is 1. The summed E-state index contributed by atoms with van der Waals surface area (Å²) >= 11 is 0. The van der Waals surface area contributed by atoms with Crippen molar-refractivity contribution in [1.82, 2.24) is 9.80 Å². The van der Waals surface area contributed by atoms with E-state index in [0.717, 1.165) is 30.8 Å². The number of piperidine rings is 2. The molecule has 2 rings (SSSR count). The van der Waals surface area contributed by atoms with Gasteiger partial charge in [-0.3, -0.25) is 4.79 Å². The molecule has 0 radical (unpaired) electrons. The van der Waals surface area contributed by atoms with Crippen molar-refractivity contribution >= 4 is 5.91 Å². The molecule has 116 valence electrons. The quantitative estimate of drug-likeness (QED) is 0.747. The molecule has 7 heteroatoms. The number of likely N-dealkylation sites (tertiary alicyclic amines) is 2. The third kappa shape index (κ3) is 3.24.